The van der Waals surface area contributed by atoms with E-state index in [1.165, 1.54) is 6.07 Å². The molecule has 0 spiro atoms. The minimum Gasteiger partial charge on any atom is -0.277 e. The SMILES string of the molecule is Cc1ccc(F)c(-n2c(CCl)nc3c(C)ccnc32)c1. The lowest BCUT2D eigenvalue weighted by Gasteiger charge is -2.09. The average Bonchev–Trinajstić information content (AvgIpc) is 2.81. The first-order valence-corrected chi connectivity index (χ1v) is 6.80. The molecular formula is C15H13ClFN3. The Morgan fingerprint density at radius 1 is 1.25 bits per heavy atom. The van der Waals surface area contributed by atoms with Gasteiger partial charge in [0.15, 0.2) is 5.65 Å². The number of aryl methyl sites for hydroxylation is 2. The molecule has 1 aromatic carbocycles. The van der Waals surface area contributed by atoms with Crippen molar-refractivity contribution in [2.24, 2.45) is 0 Å². The van der Waals surface area contributed by atoms with E-state index in [0.717, 1.165) is 16.6 Å². The molecule has 20 heavy (non-hydrogen) atoms. The van der Waals surface area contributed by atoms with Crippen molar-refractivity contribution in [3.63, 3.8) is 0 Å². The molecular weight excluding hydrogens is 277 g/mol. The molecule has 0 fully saturated rings. The molecule has 5 heteroatoms. The van der Waals surface area contributed by atoms with Crippen molar-refractivity contribution in [3.8, 4) is 5.69 Å². The zero-order valence-corrected chi connectivity index (χ0v) is 11.9. The highest BCUT2D eigenvalue weighted by Gasteiger charge is 2.16. The van der Waals surface area contributed by atoms with Crippen LogP contribution in [0.2, 0.25) is 0 Å². The maximum Gasteiger partial charge on any atom is 0.165 e. The summed E-state index contributed by atoms with van der Waals surface area (Å²) in [6.45, 7) is 3.87. The molecule has 0 atom stereocenters. The number of nitrogens with zero attached hydrogens (tertiary/aromatic N) is 3. The molecule has 2 aromatic heterocycles. The summed E-state index contributed by atoms with van der Waals surface area (Å²) < 4.78 is 15.9. The summed E-state index contributed by atoms with van der Waals surface area (Å²) in [4.78, 5) is 8.81. The van der Waals surface area contributed by atoms with Gasteiger partial charge in [0.2, 0.25) is 0 Å². The Morgan fingerprint density at radius 2 is 2.05 bits per heavy atom. The van der Waals surface area contributed by atoms with Gasteiger partial charge in [-0.15, -0.1) is 11.6 Å². The molecule has 0 aliphatic carbocycles. The zero-order chi connectivity index (χ0) is 14.3. The van der Waals surface area contributed by atoms with Gasteiger partial charge in [-0.1, -0.05) is 6.07 Å². The monoisotopic (exact) mass is 289 g/mol. The van der Waals surface area contributed by atoms with Gasteiger partial charge in [-0.05, 0) is 43.2 Å². The van der Waals surface area contributed by atoms with Gasteiger partial charge in [0, 0.05) is 6.20 Å². The number of hydrogen-bond acceptors (Lipinski definition) is 2. The van der Waals surface area contributed by atoms with Gasteiger partial charge in [-0.3, -0.25) is 4.57 Å². The molecule has 0 saturated heterocycles. The van der Waals surface area contributed by atoms with Crippen LogP contribution >= 0.6 is 11.6 Å². The Morgan fingerprint density at radius 3 is 2.80 bits per heavy atom. The van der Waals surface area contributed by atoms with Crippen LogP contribution in [0.4, 0.5) is 4.39 Å². The number of fused-ring (bicyclic) bond motifs is 1. The van der Waals surface area contributed by atoms with E-state index in [4.69, 9.17) is 11.6 Å². The summed E-state index contributed by atoms with van der Waals surface area (Å²) in [5, 5.41) is 0. The van der Waals surface area contributed by atoms with E-state index in [1.807, 2.05) is 19.9 Å². The number of aromatic nitrogens is 3. The summed E-state index contributed by atoms with van der Waals surface area (Å²) in [7, 11) is 0. The summed E-state index contributed by atoms with van der Waals surface area (Å²) in [5.74, 6) is 0.473. The van der Waals surface area contributed by atoms with Gasteiger partial charge in [0.05, 0.1) is 11.6 Å². The molecule has 0 aliphatic rings. The third-order valence-electron chi connectivity index (χ3n) is 3.28. The van der Waals surface area contributed by atoms with Crippen LogP contribution in [0, 0.1) is 19.7 Å². The zero-order valence-electron chi connectivity index (χ0n) is 11.2. The predicted molar refractivity (Wildman–Crippen MR) is 77.9 cm³/mol. The van der Waals surface area contributed by atoms with Crippen LogP contribution in [0.1, 0.15) is 17.0 Å². The summed E-state index contributed by atoms with van der Waals surface area (Å²) in [6, 6.07) is 6.84. The van der Waals surface area contributed by atoms with E-state index in [-0.39, 0.29) is 11.7 Å². The lowest BCUT2D eigenvalue weighted by Crippen LogP contribution is -2.03. The normalized spacial score (nSPS) is 11.2. The number of halogens is 2. The topological polar surface area (TPSA) is 30.7 Å². The minimum absolute atomic E-state index is 0.198. The van der Waals surface area contributed by atoms with Crippen molar-refractivity contribution in [2.75, 3.05) is 0 Å². The Bertz CT molecular complexity index is 795. The fraction of sp³-hybridized carbons (Fsp3) is 0.200. The third kappa shape index (κ3) is 1.96. The molecule has 0 saturated carbocycles. The minimum atomic E-state index is -0.315. The van der Waals surface area contributed by atoms with Gasteiger partial charge in [0.1, 0.15) is 17.2 Å². The highest BCUT2D eigenvalue weighted by molar-refractivity contribution is 6.17. The number of rotatable bonds is 2. The Balaban J connectivity index is 2.40. The molecule has 0 bridgehead atoms. The highest BCUT2D eigenvalue weighted by atomic mass is 35.5. The van der Waals surface area contributed by atoms with Crippen LogP contribution in [-0.4, -0.2) is 14.5 Å². The molecule has 0 amide bonds. The smallest absolute Gasteiger partial charge is 0.165 e. The van der Waals surface area contributed by atoms with Crippen molar-refractivity contribution in [2.45, 2.75) is 19.7 Å². The summed E-state index contributed by atoms with van der Waals surface area (Å²) in [5.41, 5.74) is 3.78. The number of alkyl halides is 1. The van der Waals surface area contributed by atoms with Crippen LogP contribution in [0.3, 0.4) is 0 Å². The molecule has 2 heterocycles. The van der Waals surface area contributed by atoms with Crippen molar-refractivity contribution in [1.29, 1.82) is 0 Å². The highest BCUT2D eigenvalue weighted by Crippen LogP contribution is 2.25. The summed E-state index contributed by atoms with van der Waals surface area (Å²) in [6.07, 6.45) is 1.70. The maximum absolute atomic E-state index is 14.2. The van der Waals surface area contributed by atoms with E-state index >= 15 is 0 Å². The van der Waals surface area contributed by atoms with E-state index in [0.29, 0.717) is 17.2 Å². The maximum atomic E-state index is 14.2. The first kappa shape index (κ1) is 13.1. The number of imidazole rings is 1. The fourth-order valence-electron chi connectivity index (χ4n) is 2.28. The second-order valence-corrected chi connectivity index (χ2v) is 5.02. The number of benzene rings is 1. The molecule has 3 rings (SSSR count). The molecule has 3 aromatic rings. The Hall–Kier alpha value is -1.94. The van der Waals surface area contributed by atoms with E-state index in [2.05, 4.69) is 9.97 Å². The van der Waals surface area contributed by atoms with Gasteiger partial charge in [0.25, 0.3) is 0 Å². The molecule has 0 unspecified atom stereocenters. The quantitative estimate of drug-likeness (QED) is 0.670. The van der Waals surface area contributed by atoms with E-state index < -0.39 is 0 Å². The summed E-state index contributed by atoms with van der Waals surface area (Å²) >= 11 is 5.96. The van der Waals surface area contributed by atoms with Gasteiger partial charge < -0.3 is 0 Å². The largest absolute Gasteiger partial charge is 0.277 e. The lowest BCUT2D eigenvalue weighted by atomic mass is 10.2. The van der Waals surface area contributed by atoms with Crippen molar-refractivity contribution < 1.29 is 4.39 Å². The predicted octanol–water partition coefficient (Wildman–Crippen LogP) is 3.92. The second kappa shape index (κ2) is 4.87. The van der Waals surface area contributed by atoms with Gasteiger partial charge >= 0.3 is 0 Å². The molecule has 0 N–H and O–H groups in total. The Kier molecular flexibility index (Phi) is 3.18. The van der Waals surface area contributed by atoms with Crippen LogP contribution < -0.4 is 0 Å². The fourth-order valence-corrected chi connectivity index (χ4v) is 2.46. The standard InChI is InChI=1S/C15H13ClFN3/c1-9-3-4-11(17)12(7-9)20-13(8-16)19-14-10(2)5-6-18-15(14)20/h3-7H,8H2,1-2H3. The van der Waals surface area contributed by atoms with Crippen LogP contribution in [0.15, 0.2) is 30.5 Å². The first-order valence-electron chi connectivity index (χ1n) is 6.27. The van der Waals surface area contributed by atoms with Gasteiger partial charge in [-0.25, -0.2) is 14.4 Å². The van der Waals surface area contributed by atoms with Crippen LogP contribution in [0.25, 0.3) is 16.9 Å². The lowest BCUT2D eigenvalue weighted by molar-refractivity contribution is 0.617. The number of hydrogen-bond donors (Lipinski definition) is 0. The first-order chi connectivity index (χ1) is 9.61. The average molecular weight is 290 g/mol. The molecule has 0 radical (unpaired) electrons. The molecule has 3 nitrogen and oxygen atoms in total. The molecule has 102 valence electrons. The van der Waals surface area contributed by atoms with Crippen molar-refractivity contribution in [1.82, 2.24) is 14.5 Å². The van der Waals surface area contributed by atoms with Crippen molar-refractivity contribution in [3.05, 3.63) is 53.2 Å². The van der Waals surface area contributed by atoms with E-state index in [1.54, 1.807) is 22.9 Å². The van der Waals surface area contributed by atoms with Gasteiger partial charge in [-0.2, -0.15) is 0 Å². The second-order valence-electron chi connectivity index (χ2n) is 4.75. The third-order valence-corrected chi connectivity index (χ3v) is 3.52. The van der Waals surface area contributed by atoms with Crippen molar-refractivity contribution >= 4 is 22.8 Å². The Labute approximate surface area is 121 Å². The number of pyridine rings is 1. The molecule has 0 aliphatic heterocycles. The van der Waals surface area contributed by atoms with Crippen LogP contribution in [0.5, 0.6) is 0 Å². The van der Waals surface area contributed by atoms with Crippen LogP contribution in [-0.2, 0) is 5.88 Å². The van der Waals surface area contributed by atoms with E-state index in [9.17, 15) is 4.39 Å².